The van der Waals surface area contributed by atoms with Gasteiger partial charge in [0.25, 0.3) is 20.2 Å². The number of Topliss-reactive ketones (excluding diaryl/α,β-unsaturated/α-hetero) is 1. The molecule has 1 aromatic heterocycles. The summed E-state index contributed by atoms with van der Waals surface area (Å²) in [4.78, 5) is 66.8. The third-order valence-corrected chi connectivity index (χ3v) is 20.5. The Morgan fingerprint density at radius 1 is 0.683 bits per heavy atom. The number of anilines is 2. The van der Waals surface area contributed by atoms with Crippen LogP contribution in [-0.4, -0.2) is 170 Å². The van der Waals surface area contributed by atoms with E-state index in [0.717, 1.165) is 71.3 Å². The maximum absolute atomic E-state index is 14.3. The van der Waals surface area contributed by atoms with E-state index in [-0.39, 0.29) is 67.2 Å². The number of aliphatic carboxylic acids is 1. The van der Waals surface area contributed by atoms with Crippen molar-refractivity contribution < 1.29 is 69.2 Å². The Bertz CT molecular complexity index is 4090. The van der Waals surface area contributed by atoms with Gasteiger partial charge in [-0.1, -0.05) is 137 Å². The zero-order valence-corrected chi connectivity index (χ0v) is 62.4. The number of allylic oxidation sites excluding steroid dienone is 6. The Balaban J connectivity index is 0.791. The second-order valence-corrected chi connectivity index (χ2v) is 30.8. The van der Waals surface area contributed by atoms with Crippen molar-refractivity contribution in [3.8, 4) is 22.5 Å². The number of aromatic nitrogens is 3. The van der Waals surface area contributed by atoms with Crippen LogP contribution in [0.1, 0.15) is 147 Å². The lowest BCUT2D eigenvalue weighted by Crippen LogP contribution is -2.54. The van der Waals surface area contributed by atoms with Gasteiger partial charge in [0.2, 0.25) is 17.7 Å². The van der Waals surface area contributed by atoms with Crippen molar-refractivity contribution in [3.05, 3.63) is 149 Å². The molecule has 5 aromatic rings. The summed E-state index contributed by atoms with van der Waals surface area (Å²) in [5, 5.41) is 36.2. The first-order valence-corrected chi connectivity index (χ1v) is 38.8. The van der Waals surface area contributed by atoms with Crippen LogP contribution in [0, 0.1) is 5.41 Å². The number of hydrogen-bond donors (Lipinski definition) is 9. The van der Waals surface area contributed by atoms with Gasteiger partial charge in [-0.05, 0) is 124 Å². The van der Waals surface area contributed by atoms with E-state index in [1.807, 2.05) is 99.3 Å². The number of nitrogens with zero attached hydrogens (tertiary/aromatic N) is 5. The van der Waals surface area contributed by atoms with Crippen LogP contribution in [0.2, 0.25) is 0 Å². The first-order valence-electron chi connectivity index (χ1n) is 35.7. The largest absolute Gasteiger partial charge is 0.480 e. The van der Waals surface area contributed by atoms with Crippen LogP contribution in [0.15, 0.2) is 132 Å². The highest BCUT2D eigenvalue weighted by atomic mass is 32.2. The number of ketones is 1. The highest BCUT2D eigenvalue weighted by molar-refractivity contribution is 7.86. The van der Waals surface area contributed by atoms with E-state index in [9.17, 15) is 49.9 Å². The number of carboxylic acid groups (broad SMARTS) is 1. The van der Waals surface area contributed by atoms with Crippen molar-refractivity contribution in [1.29, 1.82) is 5.41 Å². The lowest BCUT2D eigenvalue weighted by Gasteiger charge is -2.29. The molecule has 0 fully saturated rings. The number of nitrogens with two attached hydrogens (primary N) is 2. The molecule has 0 saturated heterocycles. The number of unbranched alkanes of at least 4 members (excludes halogenated alkanes) is 5. The third kappa shape index (κ3) is 24.2. The molecule has 0 aliphatic carbocycles. The number of rotatable bonds is 45. The van der Waals surface area contributed by atoms with Crippen LogP contribution in [0.4, 0.5) is 11.4 Å². The number of nitrogens with one attached hydrogen (secondary N) is 4. The summed E-state index contributed by atoms with van der Waals surface area (Å²) < 4.78 is 85.7. The normalized spacial score (nSPS) is 14.7. The van der Waals surface area contributed by atoms with E-state index < -0.39 is 60.4 Å². The highest BCUT2D eigenvalue weighted by Crippen LogP contribution is 2.49. The maximum Gasteiger partial charge on any atom is 0.320 e. The molecule has 2 atom stereocenters. The van der Waals surface area contributed by atoms with Gasteiger partial charge in [0.1, 0.15) is 11.7 Å². The van der Waals surface area contributed by atoms with Crippen LogP contribution in [0.25, 0.3) is 22.5 Å². The van der Waals surface area contributed by atoms with E-state index in [1.54, 1.807) is 53.8 Å². The fourth-order valence-corrected chi connectivity index (χ4v) is 13.9. The van der Waals surface area contributed by atoms with Gasteiger partial charge in [0.05, 0.1) is 86.3 Å². The molecule has 2 aliphatic heterocycles. The zero-order valence-electron chi connectivity index (χ0n) is 60.7. The van der Waals surface area contributed by atoms with Crippen molar-refractivity contribution in [2.24, 2.45) is 11.5 Å². The van der Waals surface area contributed by atoms with Crippen LogP contribution < -0.4 is 37.2 Å². The molecule has 26 nitrogen and oxygen atoms in total. The van der Waals surface area contributed by atoms with E-state index in [4.69, 9.17) is 36.2 Å². The number of aryl methyl sites for hydroxylation is 1. The predicted molar refractivity (Wildman–Crippen MR) is 402 cm³/mol. The minimum Gasteiger partial charge on any atom is -0.480 e. The summed E-state index contributed by atoms with van der Waals surface area (Å²) in [7, 11) is -8.70. The van der Waals surface area contributed by atoms with Gasteiger partial charge < -0.3 is 61.9 Å². The Labute approximate surface area is 611 Å². The average molecular weight is 1480 g/mol. The Kier molecular flexibility index (Phi) is 31.4. The molecule has 566 valence electrons. The summed E-state index contributed by atoms with van der Waals surface area (Å²) in [6.07, 6.45) is 16.6. The molecular weight excluding hydrogens is 1370 g/mol. The number of para-hydroxylation sites is 1. The molecule has 3 amide bonds. The van der Waals surface area contributed by atoms with Crippen LogP contribution in [0.5, 0.6) is 0 Å². The Morgan fingerprint density at radius 3 is 2.07 bits per heavy atom. The Morgan fingerprint density at radius 2 is 1.34 bits per heavy atom. The van der Waals surface area contributed by atoms with Crippen molar-refractivity contribution in [2.75, 3.05) is 81.4 Å². The fraction of sp³-hybridized carbons (Fsp3) is 0.500. The molecule has 11 N–H and O–H groups in total. The van der Waals surface area contributed by atoms with Gasteiger partial charge in [0.15, 0.2) is 5.78 Å². The number of benzene rings is 4. The highest BCUT2D eigenvalue weighted by Gasteiger charge is 2.41. The standard InChI is InChI=1S/C76H105N11O15S2/c1-74(2,65(79)32-12-10-13-33-66-75(3,4)60-52-56(104(97,98)99)35-37-64(60)85(66)43-23-51-103(94,95)96)59-29-19-16-25-54(59)24-11-8-7-9-14-34-67(88)81-41-39-69(90)86-53-55-26-15-17-27-57(55)70-71(58-28-18-20-31-63(58)86)87(84-83-70)44-46-101-48-50-102-49-47-100-45-42-82-76(5,6)72(91)61(77)30-21-22-40-80-68(89)38-36-62(78)73(92)93/h10,12-13,15-20,25-29,31-33,35,37,52,61-62,79,82H,7-9,11,14,21-24,30,34,36,38-51,53,77-78H2,1-6H3,(H,80,89)(H,81,88)(H,92,93)(H,94,95,96)(H,97,98,99)/b13-10+,32-12+,66-33-,79-65?/t61?,62-/m0/s1. The summed E-state index contributed by atoms with van der Waals surface area (Å²) in [6, 6.07) is 26.3. The SMILES string of the molecule is CC(C)(NCCOCCOCCOCCn1nnc2c1-c1ccccc1N(C(=O)CCNC(=O)CCCCCCCc1ccccc1C(C)(C)C(=N)/C=C/C=C/C=C1\N(CCCS(=O)(=O)O)c3ccc(S(=O)(=O)O)cc3C1(C)C)Cc1ccccc1-2)C(=O)C(N)CCCCNC(=O)CC[C@H](N)C(=O)O. The molecule has 7 rings (SSSR count). The smallest absolute Gasteiger partial charge is 0.320 e. The molecule has 0 spiro atoms. The quantitative estimate of drug-likeness (QED) is 0.00759. The number of hydrogen-bond acceptors (Lipinski definition) is 19. The molecule has 0 saturated carbocycles. The van der Waals surface area contributed by atoms with E-state index in [0.29, 0.717) is 126 Å². The number of carboxylic acids is 1. The van der Waals surface area contributed by atoms with Crippen molar-refractivity contribution >= 4 is 66.8 Å². The lowest BCUT2D eigenvalue weighted by atomic mass is 9.76. The topological polar surface area (TPSA) is 391 Å². The van der Waals surface area contributed by atoms with Crippen molar-refractivity contribution in [1.82, 2.24) is 30.9 Å². The Hall–Kier alpha value is -8.16. The van der Waals surface area contributed by atoms with Crippen LogP contribution >= 0.6 is 0 Å². The molecule has 0 bridgehead atoms. The summed E-state index contributed by atoms with van der Waals surface area (Å²) in [5.74, 6) is -2.25. The minimum atomic E-state index is -4.48. The predicted octanol–water partition coefficient (Wildman–Crippen LogP) is 8.96. The molecule has 4 aromatic carbocycles. The summed E-state index contributed by atoms with van der Waals surface area (Å²) in [6.45, 7) is 15.3. The van der Waals surface area contributed by atoms with Crippen molar-refractivity contribution in [2.45, 2.75) is 178 Å². The maximum atomic E-state index is 14.3. The molecule has 1 unspecified atom stereocenters. The minimum absolute atomic E-state index is 0.0240. The van der Waals surface area contributed by atoms with Gasteiger partial charge >= 0.3 is 5.97 Å². The van der Waals surface area contributed by atoms with Gasteiger partial charge in [-0.2, -0.15) is 16.8 Å². The number of carbonyl (C=O) groups is 5. The fourth-order valence-electron chi connectivity index (χ4n) is 12.9. The number of ether oxygens (including phenoxy) is 3. The van der Waals surface area contributed by atoms with Crippen molar-refractivity contribution in [3.63, 3.8) is 0 Å². The molecular formula is C76H105N11O15S2. The second kappa shape index (κ2) is 39.3. The summed E-state index contributed by atoms with van der Waals surface area (Å²) >= 11 is 0. The average Bonchev–Trinajstić information content (AvgIpc) is 1.59. The lowest BCUT2D eigenvalue weighted by molar-refractivity contribution is -0.138. The molecule has 104 heavy (non-hydrogen) atoms. The van der Waals surface area contributed by atoms with E-state index in [2.05, 4.69) is 38.4 Å². The molecule has 0 radical (unpaired) electrons. The van der Waals surface area contributed by atoms with Crippen LogP contribution in [0.3, 0.4) is 0 Å². The summed E-state index contributed by atoms with van der Waals surface area (Å²) in [5.41, 5.74) is 18.8. The van der Waals surface area contributed by atoms with Gasteiger partial charge in [-0.15, -0.1) is 5.10 Å². The van der Waals surface area contributed by atoms with Crippen LogP contribution in [-0.2, 0) is 88.8 Å². The van der Waals surface area contributed by atoms with E-state index in [1.165, 1.54) is 12.1 Å². The van der Waals surface area contributed by atoms with Gasteiger partial charge in [0, 0.05) is 84.5 Å². The number of amides is 3. The zero-order chi connectivity index (χ0) is 75.7. The van der Waals surface area contributed by atoms with Gasteiger partial charge in [-0.3, -0.25) is 33.1 Å². The van der Waals surface area contributed by atoms with E-state index >= 15 is 0 Å². The molecule has 28 heteroatoms. The van der Waals surface area contributed by atoms with Gasteiger partial charge in [-0.25, -0.2) is 4.68 Å². The third-order valence-electron chi connectivity index (χ3n) is 18.9. The monoisotopic (exact) mass is 1480 g/mol. The number of fused-ring (bicyclic) bond motifs is 6. The molecule has 2 aliphatic rings. The molecule has 3 heterocycles. The first-order chi connectivity index (χ1) is 49.4. The first kappa shape index (κ1) is 83.1. The number of carbonyl (C=O) groups excluding carboxylic acids is 4. The second-order valence-electron chi connectivity index (χ2n) is 27.8.